The number of hydrogen-bond acceptors (Lipinski definition) is 5. The van der Waals surface area contributed by atoms with E-state index in [0.29, 0.717) is 15.1 Å². The standard InChI is InChI=1S/C12H15ClN2O2S3/c1-2-14-7-9-4-6-12(19-9)20(16,17)15-8-10-3-5-11(13)18-10/h3-6,14-15H,2,7-8H2,1H3. The summed E-state index contributed by atoms with van der Waals surface area (Å²) in [6, 6.07) is 7.06. The number of sulfonamides is 1. The fourth-order valence-electron chi connectivity index (χ4n) is 1.53. The minimum atomic E-state index is -3.45. The topological polar surface area (TPSA) is 58.2 Å². The molecule has 0 fully saturated rings. The molecule has 4 nitrogen and oxygen atoms in total. The van der Waals surface area contributed by atoms with E-state index in [2.05, 4.69) is 10.0 Å². The molecular weight excluding hydrogens is 336 g/mol. The van der Waals surface area contributed by atoms with Crippen molar-refractivity contribution in [2.45, 2.75) is 24.2 Å². The summed E-state index contributed by atoms with van der Waals surface area (Å²) in [6.07, 6.45) is 0. The van der Waals surface area contributed by atoms with Crippen LogP contribution in [0.25, 0.3) is 0 Å². The molecule has 0 spiro atoms. The Labute approximate surface area is 131 Å². The van der Waals surface area contributed by atoms with Crippen molar-refractivity contribution in [3.05, 3.63) is 38.4 Å². The first-order valence-electron chi connectivity index (χ1n) is 6.04. The van der Waals surface area contributed by atoms with Gasteiger partial charge in [0.1, 0.15) is 4.21 Å². The largest absolute Gasteiger partial charge is 0.312 e. The van der Waals surface area contributed by atoms with Crippen molar-refractivity contribution < 1.29 is 8.42 Å². The Morgan fingerprint density at radius 2 is 1.80 bits per heavy atom. The maximum absolute atomic E-state index is 12.1. The lowest BCUT2D eigenvalue weighted by atomic mass is 10.4. The molecule has 2 aromatic rings. The van der Waals surface area contributed by atoms with Gasteiger partial charge in [-0.1, -0.05) is 18.5 Å². The number of rotatable bonds is 7. The van der Waals surface area contributed by atoms with Gasteiger partial charge in [0.15, 0.2) is 0 Å². The van der Waals surface area contributed by atoms with Gasteiger partial charge < -0.3 is 5.32 Å². The molecule has 0 aliphatic rings. The second kappa shape index (κ2) is 7.02. The number of hydrogen-bond donors (Lipinski definition) is 2. The normalized spacial score (nSPS) is 11.9. The predicted molar refractivity (Wildman–Crippen MR) is 85.1 cm³/mol. The summed E-state index contributed by atoms with van der Waals surface area (Å²) in [7, 11) is -3.45. The Morgan fingerprint density at radius 3 is 2.45 bits per heavy atom. The van der Waals surface area contributed by atoms with E-state index >= 15 is 0 Å². The van der Waals surface area contributed by atoms with Crippen molar-refractivity contribution in [1.29, 1.82) is 0 Å². The molecule has 110 valence electrons. The van der Waals surface area contributed by atoms with Gasteiger partial charge in [-0.3, -0.25) is 0 Å². The second-order valence-corrected chi connectivity index (χ2v) is 8.99. The van der Waals surface area contributed by atoms with Crippen LogP contribution in [0.5, 0.6) is 0 Å². The van der Waals surface area contributed by atoms with E-state index in [-0.39, 0.29) is 6.54 Å². The van der Waals surface area contributed by atoms with Crippen molar-refractivity contribution in [3.8, 4) is 0 Å². The highest BCUT2D eigenvalue weighted by Gasteiger charge is 2.16. The van der Waals surface area contributed by atoms with E-state index in [1.165, 1.54) is 22.7 Å². The molecule has 0 aromatic carbocycles. The van der Waals surface area contributed by atoms with Crippen molar-refractivity contribution in [3.63, 3.8) is 0 Å². The summed E-state index contributed by atoms with van der Waals surface area (Å²) >= 11 is 8.47. The Balaban J connectivity index is 2.00. The second-order valence-electron chi connectivity index (χ2n) is 4.03. The fourth-order valence-corrected chi connectivity index (χ4v) is 5.03. The van der Waals surface area contributed by atoms with Crippen molar-refractivity contribution >= 4 is 44.3 Å². The van der Waals surface area contributed by atoms with Crippen LogP contribution < -0.4 is 10.0 Å². The molecule has 2 rings (SSSR count). The van der Waals surface area contributed by atoms with Crippen molar-refractivity contribution in [2.75, 3.05) is 6.54 Å². The van der Waals surface area contributed by atoms with E-state index in [1.54, 1.807) is 12.1 Å². The SMILES string of the molecule is CCNCc1ccc(S(=O)(=O)NCc2ccc(Cl)s2)s1. The Bertz CT molecular complexity index is 664. The van der Waals surface area contributed by atoms with E-state index in [1.807, 2.05) is 19.1 Å². The van der Waals surface area contributed by atoms with Gasteiger partial charge in [0.2, 0.25) is 10.0 Å². The first-order chi connectivity index (χ1) is 9.51. The highest BCUT2D eigenvalue weighted by atomic mass is 35.5. The van der Waals surface area contributed by atoms with Gasteiger partial charge in [-0.2, -0.15) is 0 Å². The summed E-state index contributed by atoms with van der Waals surface area (Å²) in [5.74, 6) is 0. The third kappa shape index (κ3) is 4.28. The average molecular weight is 351 g/mol. The zero-order valence-corrected chi connectivity index (χ0v) is 14.1. The van der Waals surface area contributed by atoms with Crippen LogP contribution in [0.15, 0.2) is 28.5 Å². The van der Waals surface area contributed by atoms with Gasteiger partial charge in [-0.25, -0.2) is 13.1 Å². The summed E-state index contributed by atoms with van der Waals surface area (Å²) in [4.78, 5) is 1.90. The summed E-state index contributed by atoms with van der Waals surface area (Å²) < 4.78 is 27.9. The van der Waals surface area contributed by atoms with E-state index in [4.69, 9.17) is 11.6 Å². The van der Waals surface area contributed by atoms with Crippen LogP contribution in [0.1, 0.15) is 16.7 Å². The van der Waals surface area contributed by atoms with Crippen LogP contribution in [0.4, 0.5) is 0 Å². The van der Waals surface area contributed by atoms with Crippen LogP contribution in [0.3, 0.4) is 0 Å². The van der Waals surface area contributed by atoms with Crippen molar-refractivity contribution in [1.82, 2.24) is 10.0 Å². The van der Waals surface area contributed by atoms with Crippen LogP contribution in [0, 0.1) is 0 Å². The first kappa shape index (κ1) is 15.9. The van der Waals surface area contributed by atoms with Gasteiger partial charge in [0.05, 0.1) is 4.34 Å². The Morgan fingerprint density at radius 1 is 1.10 bits per heavy atom. The van der Waals surface area contributed by atoms with Gasteiger partial charge in [-0.05, 0) is 30.8 Å². The molecule has 0 saturated carbocycles. The molecule has 0 saturated heterocycles. The number of thiophene rings is 2. The molecule has 2 N–H and O–H groups in total. The van der Waals surface area contributed by atoms with Crippen molar-refractivity contribution in [2.24, 2.45) is 0 Å². The fraction of sp³-hybridized carbons (Fsp3) is 0.333. The van der Waals surface area contributed by atoms with Gasteiger partial charge in [0.25, 0.3) is 0 Å². The highest BCUT2D eigenvalue weighted by molar-refractivity contribution is 7.91. The summed E-state index contributed by atoms with van der Waals surface area (Å²) in [5, 5.41) is 3.17. The first-order valence-corrected chi connectivity index (χ1v) is 9.54. The molecule has 0 amide bonds. The molecule has 8 heteroatoms. The molecule has 2 aromatic heterocycles. The lowest BCUT2D eigenvalue weighted by molar-refractivity contribution is 0.584. The predicted octanol–water partition coefficient (Wildman–Crippen LogP) is 3.05. The van der Waals surface area contributed by atoms with E-state index in [0.717, 1.165) is 16.3 Å². The van der Waals surface area contributed by atoms with E-state index in [9.17, 15) is 8.42 Å². The Hall–Kier alpha value is -0.440. The zero-order valence-electron chi connectivity index (χ0n) is 10.8. The third-order valence-electron chi connectivity index (χ3n) is 2.52. The minimum Gasteiger partial charge on any atom is -0.312 e. The molecule has 20 heavy (non-hydrogen) atoms. The third-order valence-corrected chi connectivity index (χ3v) is 6.73. The van der Waals surface area contributed by atoms with Crippen LogP contribution >= 0.6 is 34.3 Å². The lowest BCUT2D eigenvalue weighted by Crippen LogP contribution is -2.21. The van der Waals surface area contributed by atoms with Gasteiger partial charge in [-0.15, -0.1) is 22.7 Å². The quantitative estimate of drug-likeness (QED) is 0.806. The number of halogens is 1. The molecule has 0 unspecified atom stereocenters. The molecule has 0 bridgehead atoms. The molecule has 0 aliphatic heterocycles. The zero-order chi connectivity index (χ0) is 14.6. The molecular formula is C12H15ClN2O2S3. The molecule has 0 radical (unpaired) electrons. The summed E-state index contributed by atoms with van der Waals surface area (Å²) in [5.41, 5.74) is 0. The van der Waals surface area contributed by atoms with Gasteiger partial charge >= 0.3 is 0 Å². The maximum atomic E-state index is 12.1. The van der Waals surface area contributed by atoms with E-state index < -0.39 is 10.0 Å². The average Bonchev–Trinajstić information content (AvgIpc) is 3.03. The lowest BCUT2D eigenvalue weighted by Gasteiger charge is -2.02. The highest BCUT2D eigenvalue weighted by Crippen LogP contribution is 2.24. The smallest absolute Gasteiger partial charge is 0.250 e. The molecule has 0 aliphatic carbocycles. The monoisotopic (exact) mass is 350 g/mol. The van der Waals surface area contributed by atoms with Gasteiger partial charge in [0, 0.05) is 22.8 Å². The minimum absolute atomic E-state index is 0.264. The van der Waals surface area contributed by atoms with Crippen LogP contribution in [-0.2, 0) is 23.1 Å². The van der Waals surface area contributed by atoms with Crippen LogP contribution in [0.2, 0.25) is 4.34 Å². The number of nitrogens with one attached hydrogen (secondary N) is 2. The summed E-state index contributed by atoms with van der Waals surface area (Å²) in [6.45, 7) is 3.83. The molecule has 0 atom stereocenters. The molecule has 2 heterocycles. The Kier molecular flexibility index (Phi) is 5.59. The van der Waals surface area contributed by atoms with Crippen LogP contribution in [-0.4, -0.2) is 15.0 Å². The maximum Gasteiger partial charge on any atom is 0.250 e.